The number of likely N-dealkylation sites (tertiary alicyclic amines) is 1. The van der Waals surface area contributed by atoms with Gasteiger partial charge in [0, 0.05) is 31.2 Å². The first-order chi connectivity index (χ1) is 18.7. The Bertz CT molecular complexity index is 1300. The molecule has 3 N–H and O–H groups in total. The minimum absolute atomic E-state index is 0.0964. The third-order valence-corrected chi connectivity index (χ3v) is 6.92. The zero-order valence-corrected chi connectivity index (χ0v) is 23.8. The number of aromatic nitrogens is 3. The van der Waals surface area contributed by atoms with Crippen molar-refractivity contribution in [1.82, 2.24) is 25.3 Å². The second-order valence-electron chi connectivity index (χ2n) is 9.20. The zero-order valence-electron chi connectivity index (χ0n) is 22.3. The lowest BCUT2D eigenvalue weighted by Crippen LogP contribution is -2.32. The number of likely N-dealkylation sites (N-methyl/N-ethyl adjacent to an activating group) is 1. The van der Waals surface area contributed by atoms with E-state index in [1.165, 1.54) is 0 Å². The summed E-state index contributed by atoms with van der Waals surface area (Å²) in [7, 11) is 1.75. The smallest absolute Gasteiger partial charge is 0.409 e. The number of carbonyl (C=O) groups is 1. The van der Waals surface area contributed by atoms with Gasteiger partial charge in [-0.15, -0.1) is 0 Å². The monoisotopic (exact) mass is 578 g/mol. The highest BCUT2D eigenvalue weighted by Crippen LogP contribution is 2.39. The average Bonchev–Trinajstić information content (AvgIpc) is 3.51. The fourth-order valence-electron chi connectivity index (χ4n) is 4.35. The van der Waals surface area contributed by atoms with Gasteiger partial charge in [-0.05, 0) is 52.4 Å². The van der Waals surface area contributed by atoms with Gasteiger partial charge in [0.2, 0.25) is 0 Å². The van der Waals surface area contributed by atoms with E-state index in [9.17, 15) is 9.90 Å². The van der Waals surface area contributed by atoms with Crippen molar-refractivity contribution in [2.75, 3.05) is 45.2 Å². The third-order valence-electron chi connectivity index (χ3n) is 6.24. The predicted octanol–water partition coefficient (Wildman–Crippen LogP) is 4.32. The number of aliphatic hydroxyl groups is 1. The molecule has 0 bridgehead atoms. The largest absolute Gasteiger partial charge is 0.491 e. The number of nitrogens with zero attached hydrogens (tertiary/aromatic N) is 4. The topological polar surface area (TPSA) is 135 Å². The minimum atomic E-state index is -0.677. The van der Waals surface area contributed by atoms with Crippen molar-refractivity contribution in [2.24, 2.45) is 0 Å². The van der Waals surface area contributed by atoms with E-state index in [1.807, 2.05) is 6.92 Å². The Kier molecular flexibility index (Phi) is 9.49. The van der Waals surface area contributed by atoms with Crippen LogP contribution in [0.25, 0.3) is 22.6 Å². The molecule has 0 unspecified atom stereocenters. The average molecular weight is 579 g/mol. The summed E-state index contributed by atoms with van der Waals surface area (Å²) in [5, 5.41) is 21.1. The molecule has 0 radical (unpaired) electrons. The summed E-state index contributed by atoms with van der Waals surface area (Å²) < 4.78 is 16.3. The van der Waals surface area contributed by atoms with Crippen molar-refractivity contribution < 1.29 is 23.9 Å². The molecule has 1 saturated heterocycles. The minimum Gasteiger partial charge on any atom is -0.491 e. The first kappa shape index (κ1) is 28.9. The maximum absolute atomic E-state index is 12.2. The second-order valence-corrected chi connectivity index (χ2v) is 9.98. The van der Waals surface area contributed by atoms with E-state index < -0.39 is 6.10 Å². The highest BCUT2D eigenvalue weighted by molar-refractivity contribution is 6.35. The molecule has 0 saturated carbocycles. The van der Waals surface area contributed by atoms with Crippen molar-refractivity contribution >= 4 is 35.1 Å². The standard InChI is InChI=1S/C26H32Cl2N6O5/c1-5-37-26(36)34-9-8-16(12-34)30-25-22(28)23(21-14(2)33-39-15(21)3)31-24(32-25)19-10-18(6-7-20(19)27)38-13-17(35)11-29-4/h6-7,10,16-17,29,35H,5,8-9,11-13H2,1-4H3,(H,30,31,32)/t16-,17+/m0/s1. The van der Waals surface area contributed by atoms with Crippen LogP contribution in [-0.4, -0.2) is 83.3 Å². The summed E-state index contributed by atoms with van der Waals surface area (Å²) >= 11 is 13.5. The molecule has 1 aromatic carbocycles. The molecule has 4 rings (SSSR count). The Labute approximate surface area is 236 Å². The van der Waals surface area contributed by atoms with Crippen LogP contribution in [0.3, 0.4) is 0 Å². The SMILES string of the molecule is CCOC(=O)N1CC[C@H](Nc2nc(-c3cc(OC[C@H](O)CNC)ccc3Cl)nc(-c3c(C)noc3C)c2Cl)C1. The third kappa shape index (κ3) is 6.73. The molecule has 0 spiro atoms. The Hall–Kier alpha value is -3.12. The van der Waals surface area contributed by atoms with Gasteiger partial charge in [0.05, 0.1) is 22.9 Å². The van der Waals surface area contributed by atoms with Crippen molar-refractivity contribution in [3.8, 4) is 28.4 Å². The van der Waals surface area contributed by atoms with Gasteiger partial charge >= 0.3 is 6.09 Å². The summed E-state index contributed by atoms with van der Waals surface area (Å²) in [6, 6.07) is 5.01. The number of aryl methyl sites for hydroxylation is 2. The second kappa shape index (κ2) is 12.8. The van der Waals surface area contributed by atoms with E-state index in [1.54, 1.807) is 44.0 Å². The van der Waals surface area contributed by atoms with Crippen molar-refractivity contribution in [3.63, 3.8) is 0 Å². The molecule has 11 nitrogen and oxygen atoms in total. The quantitative estimate of drug-likeness (QED) is 0.319. The molecule has 2 atom stereocenters. The van der Waals surface area contributed by atoms with Crippen LogP contribution in [0, 0.1) is 13.8 Å². The number of amides is 1. The molecule has 39 heavy (non-hydrogen) atoms. The van der Waals surface area contributed by atoms with Crippen LogP contribution in [0.15, 0.2) is 22.7 Å². The first-order valence-corrected chi connectivity index (χ1v) is 13.4. The highest BCUT2D eigenvalue weighted by Gasteiger charge is 2.29. The van der Waals surface area contributed by atoms with Crippen LogP contribution >= 0.6 is 23.2 Å². The lowest BCUT2D eigenvalue weighted by atomic mass is 10.1. The van der Waals surface area contributed by atoms with Gasteiger partial charge < -0.3 is 34.6 Å². The number of aliphatic hydroxyl groups excluding tert-OH is 1. The van der Waals surface area contributed by atoms with Gasteiger partial charge in [0.25, 0.3) is 0 Å². The van der Waals surface area contributed by atoms with Crippen LogP contribution in [0.5, 0.6) is 5.75 Å². The number of nitrogens with one attached hydrogen (secondary N) is 2. The molecule has 0 aliphatic carbocycles. The molecular weight excluding hydrogens is 547 g/mol. The fraction of sp³-hybridized carbons (Fsp3) is 0.462. The number of hydrogen-bond acceptors (Lipinski definition) is 10. The van der Waals surface area contributed by atoms with Gasteiger partial charge in [0.15, 0.2) is 5.82 Å². The number of ether oxygens (including phenoxy) is 2. The summed E-state index contributed by atoms with van der Waals surface area (Å²) in [6.45, 7) is 7.16. The van der Waals surface area contributed by atoms with E-state index in [0.717, 1.165) is 0 Å². The maximum Gasteiger partial charge on any atom is 0.409 e. The molecule has 210 valence electrons. The number of rotatable bonds is 10. The van der Waals surface area contributed by atoms with Crippen LogP contribution in [-0.2, 0) is 4.74 Å². The van der Waals surface area contributed by atoms with Crippen molar-refractivity contribution in [2.45, 2.75) is 39.3 Å². The summed E-state index contributed by atoms with van der Waals surface area (Å²) in [6.07, 6.45) is -0.340. The molecular formula is C26H32Cl2N6O5. The van der Waals surface area contributed by atoms with Gasteiger partial charge in [-0.1, -0.05) is 28.4 Å². The van der Waals surface area contributed by atoms with Gasteiger partial charge in [-0.3, -0.25) is 0 Å². The van der Waals surface area contributed by atoms with Crippen LogP contribution in [0.1, 0.15) is 24.8 Å². The predicted molar refractivity (Wildman–Crippen MR) is 149 cm³/mol. The lowest BCUT2D eigenvalue weighted by molar-refractivity contribution is 0.108. The summed E-state index contributed by atoms with van der Waals surface area (Å²) in [5.41, 5.74) is 2.24. The van der Waals surface area contributed by atoms with E-state index >= 15 is 0 Å². The molecule has 1 aliphatic heterocycles. The number of carbonyl (C=O) groups excluding carboxylic acids is 1. The van der Waals surface area contributed by atoms with Crippen LogP contribution in [0.4, 0.5) is 10.6 Å². The molecule has 2 aromatic heterocycles. The van der Waals surface area contributed by atoms with Gasteiger partial charge in [-0.25, -0.2) is 14.8 Å². The van der Waals surface area contributed by atoms with Crippen molar-refractivity contribution in [1.29, 1.82) is 0 Å². The number of anilines is 1. The Balaban J connectivity index is 1.71. The highest BCUT2D eigenvalue weighted by atomic mass is 35.5. The normalized spacial score (nSPS) is 15.9. The number of benzene rings is 1. The van der Waals surface area contributed by atoms with Crippen molar-refractivity contribution in [3.05, 3.63) is 39.7 Å². The number of hydrogen-bond donors (Lipinski definition) is 3. The van der Waals surface area contributed by atoms with Crippen LogP contribution in [0.2, 0.25) is 10.0 Å². The van der Waals surface area contributed by atoms with E-state index in [2.05, 4.69) is 15.8 Å². The Morgan fingerprint density at radius 1 is 1.31 bits per heavy atom. The summed E-state index contributed by atoms with van der Waals surface area (Å²) in [5.74, 6) is 1.75. The number of halogens is 2. The van der Waals surface area contributed by atoms with Gasteiger partial charge in [0.1, 0.15) is 40.8 Å². The van der Waals surface area contributed by atoms with Crippen LogP contribution < -0.4 is 15.4 Å². The molecule has 3 heterocycles. The van der Waals surface area contributed by atoms with E-state index in [4.69, 9.17) is 47.2 Å². The Morgan fingerprint density at radius 3 is 2.79 bits per heavy atom. The molecule has 1 aliphatic rings. The molecule has 1 fully saturated rings. The maximum atomic E-state index is 12.2. The molecule has 13 heteroatoms. The summed E-state index contributed by atoms with van der Waals surface area (Å²) in [4.78, 5) is 23.3. The van der Waals surface area contributed by atoms with E-state index in [-0.39, 0.29) is 18.7 Å². The fourth-order valence-corrected chi connectivity index (χ4v) is 4.79. The lowest BCUT2D eigenvalue weighted by Gasteiger charge is -2.19. The Morgan fingerprint density at radius 2 is 2.10 bits per heavy atom. The van der Waals surface area contributed by atoms with E-state index in [0.29, 0.717) is 88.4 Å². The zero-order chi connectivity index (χ0) is 28.1. The molecule has 1 amide bonds. The van der Waals surface area contributed by atoms with Gasteiger partial charge in [-0.2, -0.15) is 0 Å². The first-order valence-electron chi connectivity index (χ1n) is 12.7. The molecule has 3 aromatic rings.